The average Bonchev–Trinajstić information content (AvgIpc) is 2.90. The van der Waals surface area contributed by atoms with Gasteiger partial charge in [0.1, 0.15) is 10.5 Å². The molecule has 0 bridgehead atoms. The summed E-state index contributed by atoms with van der Waals surface area (Å²) in [4.78, 5) is 7.12. The molecule has 0 amide bonds. The van der Waals surface area contributed by atoms with Crippen LogP contribution in [0.5, 0.6) is 0 Å². The summed E-state index contributed by atoms with van der Waals surface area (Å²) in [5, 5.41) is 0.567. The number of hydrogen-bond acceptors (Lipinski definition) is 4. The molecule has 21 heavy (non-hydrogen) atoms. The zero-order valence-corrected chi connectivity index (χ0v) is 11.9. The molecule has 6 nitrogen and oxygen atoms in total. The maximum atomic E-state index is 12.4. The summed E-state index contributed by atoms with van der Waals surface area (Å²) in [7, 11) is -3.62. The van der Waals surface area contributed by atoms with Crippen LogP contribution < -0.4 is 10.5 Å². The van der Waals surface area contributed by atoms with Crippen LogP contribution in [0.4, 0.5) is 5.69 Å². The van der Waals surface area contributed by atoms with Gasteiger partial charge in [-0.25, -0.2) is 18.1 Å². The summed E-state index contributed by atoms with van der Waals surface area (Å²) >= 11 is 0. The summed E-state index contributed by atoms with van der Waals surface area (Å²) in [6.07, 6.45) is 3.05. The maximum Gasteiger partial charge on any atom is 0.243 e. The molecular formula is C14H14N4O2S. The summed E-state index contributed by atoms with van der Waals surface area (Å²) in [5.74, 6) is 0. The molecule has 7 heteroatoms. The molecule has 108 valence electrons. The zero-order valence-electron chi connectivity index (χ0n) is 11.1. The van der Waals surface area contributed by atoms with E-state index < -0.39 is 10.0 Å². The van der Waals surface area contributed by atoms with Crippen LogP contribution in [0.2, 0.25) is 0 Å². The Bertz CT molecular complexity index is 887. The van der Waals surface area contributed by atoms with Gasteiger partial charge >= 0.3 is 0 Å². The number of hydrogen-bond donors (Lipinski definition) is 3. The van der Waals surface area contributed by atoms with E-state index in [1.807, 2.05) is 6.07 Å². The predicted octanol–water partition coefficient (Wildman–Crippen LogP) is 1.62. The van der Waals surface area contributed by atoms with Crippen LogP contribution in [0.3, 0.4) is 0 Å². The van der Waals surface area contributed by atoms with Crippen LogP contribution in [0, 0.1) is 0 Å². The summed E-state index contributed by atoms with van der Waals surface area (Å²) in [6.45, 7) is 0.181. The second-order valence-corrected chi connectivity index (χ2v) is 6.36. The lowest BCUT2D eigenvalue weighted by Crippen LogP contribution is -2.23. The van der Waals surface area contributed by atoms with Gasteiger partial charge in [-0.1, -0.05) is 12.1 Å². The van der Waals surface area contributed by atoms with Gasteiger partial charge in [0.25, 0.3) is 0 Å². The van der Waals surface area contributed by atoms with Crippen molar-refractivity contribution in [1.29, 1.82) is 0 Å². The van der Waals surface area contributed by atoms with Crippen LogP contribution in [0.25, 0.3) is 11.0 Å². The number of nitrogens with two attached hydrogens (primary N) is 1. The minimum Gasteiger partial charge on any atom is -0.399 e. The number of H-pyrrole nitrogens is 1. The van der Waals surface area contributed by atoms with E-state index in [1.54, 1.807) is 36.5 Å². The molecule has 2 heterocycles. The number of nitrogen functional groups attached to an aromatic ring is 1. The summed E-state index contributed by atoms with van der Waals surface area (Å²) in [6, 6.07) is 10.5. The maximum absolute atomic E-state index is 12.4. The van der Waals surface area contributed by atoms with E-state index in [9.17, 15) is 8.42 Å². The van der Waals surface area contributed by atoms with Gasteiger partial charge < -0.3 is 10.7 Å². The van der Waals surface area contributed by atoms with E-state index >= 15 is 0 Å². The molecule has 0 spiro atoms. The first-order valence-corrected chi connectivity index (χ1v) is 7.81. The van der Waals surface area contributed by atoms with Gasteiger partial charge in [0, 0.05) is 30.0 Å². The number of nitrogens with one attached hydrogen (secondary N) is 2. The van der Waals surface area contributed by atoms with Gasteiger partial charge in [-0.3, -0.25) is 0 Å². The largest absolute Gasteiger partial charge is 0.399 e. The van der Waals surface area contributed by atoms with Crippen LogP contribution in [0.15, 0.2) is 53.7 Å². The first kappa shape index (κ1) is 13.6. The first-order valence-electron chi connectivity index (χ1n) is 6.32. The quantitative estimate of drug-likeness (QED) is 0.637. The highest BCUT2D eigenvalue weighted by Gasteiger charge is 2.18. The van der Waals surface area contributed by atoms with Gasteiger partial charge in [-0.2, -0.15) is 0 Å². The first-order chi connectivity index (χ1) is 10.1. The van der Waals surface area contributed by atoms with Gasteiger partial charge in [-0.15, -0.1) is 0 Å². The highest BCUT2D eigenvalue weighted by molar-refractivity contribution is 7.89. The number of aromatic amines is 1. The van der Waals surface area contributed by atoms with Crippen LogP contribution >= 0.6 is 0 Å². The van der Waals surface area contributed by atoms with Crippen LogP contribution in [0.1, 0.15) is 5.56 Å². The van der Waals surface area contributed by atoms with Crippen molar-refractivity contribution in [3.63, 3.8) is 0 Å². The van der Waals surface area contributed by atoms with E-state index in [-0.39, 0.29) is 11.4 Å². The van der Waals surface area contributed by atoms with E-state index in [1.165, 1.54) is 6.20 Å². The minimum absolute atomic E-state index is 0.181. The van der Waals surface area contributed by atoms with Crippen molar-refractivity contribution in [2.24, 2.45) is 0 Å². The highest BCUT2D eigenvalue weighted by Crippen LogP contribution is 2.20. The van der Waals surface area contributed by atoms with Crippen molar-refractivity contribution in [3.05, 3.63) is 54.4 Å². The molecular weight excluding hydrogens is 288 g/mol. The number of fused-ring (bicyclic) bond motifs is 1. The Balaban J connectivity index is 1.87. The van der Waals surface area contributed by atoms with Gasteiger partial charge in [0.2, 0.25) is 10.0 Å². The Morgan fingerprint density at radius 1 is 1.24 bits per heavy atom. The molecule has 0 unspecified atom stereocenters. The number of rotatable bonds is 4. The van der Waals surface area contributed by atoms with Crippen molar-refractivity contribution >= 4 is 26.7 Å². The third-order valence-electron chi connectivity index (χ3n) is 3.12. The number of nitrogens with zero attached hydrogens (tertiary/aromatic N) is 1. The number of aromatic nitrogens is 2. The Morgan fingerprint density at radius 2 is 2.10 bits per heavy atom. The SMILES string of the molecule is Nc1cccc(CNS(=O)(=O)c2c[nH]c3ncccc23)c1. The smallest absolute Gasteiger partial charge is 0.243 e. The topological polar surface area (TPSA) is 101 Å². The fourth-order valence-electron chi connectivity index (χ4n) is 2.11. The molecule has 0 fully saturated rings. The Kier molecular flexibility index (Phi) is 3.36. The third-order valence-corrected chi connectivity index (χ3v) is 4.56. The molecule has 0 atom stereocenters. The number of pyridine rings is 1. The van der Waals surface area contributed by atoms with Crippen molar-refractivity contribution in [3.8, 4) is 0 Å². The van der Waals surface area contributed by atoms with E-state index in [4.69, 9.17) is 5.73 Å². The molecule has 0 saturated carbocycles. The van der Waals surface area contributed by atoms with Crippen LogP contribution in [-0.2, 0) is 16.6 Å². The average molecular weight is 302 g/mol. The third kappa shape index (κ3) is 2.74. The van der Waals surface area contributed by atoms with E-state index in [0.717, 1.165) is 5.56 Å². The lowest BCUT2D eigenvalue weighted by atomic mass is 10.2. The van der Waals surface area contributed by atoms with Crippen molar-refractivity contribution < 1.29 is 8.42 Å². The number of benzene rings is 1. The normalized spacial score (nSPS) is 11.8. The molecule has 2 aromatic heterocycles. The lowest BCUT2D eigenvalue weighted by Gasteiger charge is -2.06. The second-order valence-electron chi connectivity index (χ2n) is 4.62. The molecule has 3 aromatic rings. The van der Waals surface area contributed by atoms with Crippen molar-refractivity contribution in [1.82, 2.24) is 14.7 Å². The molecule has 0 radical (unpaired) electrons. The molecule has 1 aromatic carbocycles. The van der Waals surface area contributed by atoms with Crippen LogP contribution in [-0.4, -0.2) is 18.4 Å². The molecule has 0 aliphatic heterocycles. The summed E-state index contributed by atoms with van der Waals surface area (Å²) in [5.41, 5.74) is 7.62. The van der Waals surface area contributed by atoms with Gasteiger partial charge in [-0.05, 0) is 29.8 Å². The van der Waals surface area contributed by atoms with Gasteiger partial charge in [0.05, 0.1) is 0 Å². The fourth-order valence-corrected chi connectivity index (χ4v) is 3.29. The van der Waals surface area contributed by atoms with Crippen molar-refractivity contribution in [2.75, 3.05) is 5.73 Å². The number of anilines is 1. The Morgan fingerprint density at radius 3 is 2.90 bits per heavy atom. The molecule has 3 rings (SSSR count). The Labute approximate surface area is 122 Å². The molecule has 0 aliphatic carbocycles. The molecule has 0 aliphatic rings. The molecule has 0 saturated heterocycles. The fraction of sp³-hybridized carbons (Fsp3) is 0.0714. The highest BCUT2D eigenvalue weighted by atomic mass is 32.2. The Hall–Kier alpha value is -2.38. The molecule has 4 N–H and O–H groups in total. The predicted molar refractivity (Wildman–Crippen MR) is 81.0 cm³/mol. The van der Waals surface area contributed by atoms with Crippen molar-refractivity contribution in [2.45, 2.75) is 11.4 Å². The standard InChI is InChI=1S/C14H14N4O2S/c15-11-4-1-3-10(7-11)8-18-21(19,20)13-9-17-14-12(13)5-2-6-16-14/h1-7,9,18H,8,15H2,(H,16,17). The second kappa shape index (κ2) is 5.19. The monoisotopic (exact) mass is 302 g/mol. The zero-order chi connectivity index (χ0) is 14.9. The van der Waals surface area contributed by atoms with Gasteiger partial charge in [0.15, 0.2) is 0 Å². The minimum atomic E-state index is -3.62. The number of sulfonamides is 1. The summed E-state index contributed by atoms with van der Waals surface area (Å²) < 4.78 is 27.3. The van der Waals surface area contributed by atoms with E-state index in [0.29, 0.717) is 16.7 Å². The van der Waals surface area contributed by atoms with E-state index in [2.05, 4.69) is 14.7 Å². The lowest BCUT2D eigenvalue weighted by molar-refractivity contribution is 0.582.